The Hall–Kier alpha value is -7.52. The third-order valence-corrected chi connectivity index (χ3v) is 14.5. The minimum atomic E-state index is -0.0433. The average Bonchev–Trinajstić information content (AvgIpc) is 3.84. The van der Waals surface area contributed by atoms with Crippen LogP contribution in [0.4, 0.5) is 17.1 Å². The van der Waals surface area contributed by atoms with Crippen molar-refractivity contribution in [2.45, 2.75) is 19.3 Å². The molecule has 10 aromatic carbocycles. The molecule has 1 aliphatic rings. The molecule has 1 aliphatic carbocycles. The molecule has 12 rings (SSSR count). The maximum absolute atomic E-state index is 2.41. The van der Waals surface area contributed by atoms with Gasteiger partial charge in [0.2, 0.25) is 0 Å². The van der Waals surface area contributed by atoms with Crippen LogP contribution in [0.3, 0.4) is 0 Å². The van der Waals surface area contributed by atoms with Crippen molar-refractivity contribution >= 4 is 59.3 Å². The third kappa shape index (κ3) is 6.37. The van der Waals surface area contributed by atoms with Gasteiger partial charge in [-0.05, 0) is 138 Å². The summed E-state index contributed by atoms with van der Waals surface area (Å²) < 4.78 is 2.66. The van der Waals surface area contributed by atoms with Gasteiger partial charge in [-0.3, -0.25) is 0 Å². The number of benzene rings is 10. The molecule has 0 spiro atoms. The Morgan fingerprint density at radius 2 is 0.841 bits per heavy atom. The molecule has 298 valence electrons. The zero-order valence-electron chi connectivity index (χ0n) is 35.2. The van der Waals surface area contributed by atoms with Crippen molar-refractivity contribution in [2.24, 2.45) is 0 Å². The summed E-state index contributed by atoms with van der Waals surface area (Å²) in [5.41, 5.74) is 18.5. The summed E-state index contributed by atoms with van der Waals surface area (Å²) in [6.07, 6.45) is 0. The molecule has 2 heteroatoms. The van der Waals surface area contributed by atoms with Gasteiger partial charge in [0, 0.05) is 42.6 Å². The molecule has 0 amide bonds. The number of hydrogen-bond acceptors (Lipinski definition) is 2. The van der Waals surface area contributed by atoms with Gasteiger partial charge in [0.15, 0.2) is 0 Å². The van der Waals surface area contributed by atoms with Gasteiger partial charge < -0.3 is 4.90 Å². The van der Waals surface area contributed by atoms with E-state index in [1.807, 2.05) is 11.3 Å². The SMILES string of the molecule is CC1(C)c2ccccc2-c2ccc(-c3ccc(N(c4ccc(-c5cccc(-c6cccc7c6sc6ccccc67)c5)cc4)c4ccc(-c5ccc6ccccc6c5)cc4)cc3)cc21. The first-order valence-electron chi connectivity index (χ1n) is 21.8. The number of hydrogen-bond donors (Lipinski definition) is 0. The van der Waals surface area contributed by atoms with E-state index in [1.54, 1.807) is 0 Å². The van der Waals surface area contributed by atoms with Crippen LogP contribution in [0.1, 0.15) is 25.0 Å². The molecule has 0 N–H and O–H groups in total. The smallest absolute Gasteiger partial charge is 0.0462 e. The van der Waals surface area contributed by atoms with Crippen molar-refractivity contribution in [2.75, 3.05) is 4.90 Å². The maximum Gasteiger partial charge on any atom is 0.0462 e. The van der Waals surface area contributed by atoms with Crippen molar-refractivity contribution in [1.82, 2.24) is 0 Å². The van der Waals surface area contributed by atoms with Crippen molar-refractivity contribution in [3.05, 3.63) is 236 Å². The number of rotatable bonds is 7. The standard InChI is InChI=1S/C61H43NS/c1-61(2)57-19-7-5-15-53(57)54-36-29-47(39-58(54)61)43-27-34-51(35-28-43)62(50-32-25-42(26-33-50)46-22-21-40-11-3-4-12-44(40)37-46)49-30-23-41(24-31-49)45-13-9-14-48(38-45)52-17-10-18-56-55-16-6-8-20-59(55)63-60(52)56/h3-39H,1-2H3. The highest BCUT2D eigenvalue weighted by Crippen LogP contribution is 2.50. The maximum atomic E-state index is 2.41. The van der Waals surface area contributed by atoms with E-state index in [2.05, 4.69) is 243 Å². The van der Waals surface area contributed by atoms with Crippen LogP contribution in [-0.4, -0.2) is 0 Å². The molecule has 1 nitrogen and oxygen atoms in total. The van der Waals surface area contributed by atoms with E-state index in [4.69, 9.17) is 0 Å². The van der Waals surface area contributed by atoms with Gasteiger partial charge in [0.1, 0.15) is 0 Å². The second kappa shape index (κ2) is 14.8. The van der Waals surface area contributed by atoms with E-state index < -0.39 is 0 Å². The van der Waals surface area contributed by atoms with E-state index in [0.29, 0.717) is 0 Å². The zero-order chi connectivity index (χ0) is 42.1. The molecule has 0 radical (unpaired) electrons. The summed E-state index contributed by atoms with van der Waals surface area (Å²) in [4.78, 5) is 2.37. The van der Waals surface area contributed by atoms with Gasteiger partial charge in [-0.2, -0.15) is 0 Å². The summed E-state index contributed by atoms with van der Waals surface area (Å²) in [5, 5.41) is 5.15. The number of anilines is 3. The summed E-state index contributed by atoms with van der Waals surface area (Å²) in [6.45, 7) is 4.70. The fraction of sp³-hybridized carbons (Fsp3) is 0.0492. The first-order chi connectivity index (χ1) is 31.0. The van der Waals surface area contributed by atoms with Crippen LogP contribution < -0.4 is 4.90 Å². The monoisotopic (exact) mass is 821 g/mol. The highest BCUT2D eigenvalue weighted by Gasteiger charge is 2.35. The fourth-order valence-electron chi connectivity index (χ4n) is 9.95. The first kappa shape index (κ1) is 37.3. The Labute approximate surface area is 372 Å². The summed E-state index contributed by atoms with van der Waals surface area (Å²) in [5.74, 6) is 0. The molecule has 63 heavy (non-hydrogen) atoms. The van der Waals surface area contributed by atoms with Crippen LogP contribution in [0.5, 0.6) is 0 Å². The minimum Gasteiger partial charge on any atom is -0.311 e. The van der Waals surface area contributed by atoms with Crippen LogP contribution in [0.15, 0.2) is 224 Å². The van der Waals surface area contributed by atoms with Crippen molar-refractivity contribution in [3.8, 4) is 55.6 Å². The molecule has 11 aromatic rings. The second-order valence-corrected chi connectivity index (χ2v) is 18.4. The van der Waals surface area contributed by atoms with Crippen LogP contribution in [-0.2, 0) is 5.41 Å². The molecule has 0 bridgehead atoms. The third-order valence-electron chi connectivity index (χ3n) is 13.3. The average molecular weight is 822 g/mol. The summed E-state index contributed by atoms with van der Waals surface area (Å²) in [7, 11) is 0. The van der Waals surface area contributed by atoms with E-state index in [1.165, 1.54) is 97.7 Å². The number of nitrogens with zero attached hydrogens (tertiary/aromatic N) is 1. The molecule has 0 fully saturated rings. The van der Waals surface area contributed by atoms with Crippen LogP contribution in [0, 0.1) is 0 Å². The Morgan fingerprint density at radius 1 is 0.333 bits per heavy atom. The van der Waals surface area contributed by atoms with E-state index in [-0.39, 0.29) is 5.41 Å². The number of thiophene rings is 1. The van der Waals surface area contributed by atoms with Gasteiger partial charge >= 0.3 is 0 Å². The molecular weight excluding hydrogens is 779 g/mol. The molecular formula is C61H43NS. The van der Waals surface area contributed by atoms with Crippen LogP contribution >= 0.6 is 11.3 Å². The zero-order valence-corrected chi connectivity index (χ0v) is 36.0. The highest BCUT2D eigenvalue weighted by atomic mass is 32.1. The Bertz CT molecular complexity index is 3520. The topological polar surface area (TPSA) is 3.24 Å². The molecule has 1 aromatic heterocycles. The molecule has 1 heterocycles. The Kier molecular flexibility index (Phi) is 8.77. The molecule has 0 unspecified atom stereocenters. The van der Waals surface area contributed by atoms with Crippen molar-refractivity contribution in [1.29, 1.82) is 0 Å². The fourth-order valence-corrected chi connectivity index (χ4v) is 11.2. The Balaban J connectivity index is 0.899. The van der Waals surface area contributed by atoms with E-state index in [0.717, 1.165) is 17.1 Å². The van der Waals surface area contributed by atoms with Crippen LogP contribution in [0.2, 0.25) is 0 Å². The predicted octanol–water partition coefficient (Wildman–Crippen LogP) is 17.7. The molecule has 0 saturated heterocycles. The molecule has 0 atom stereocenters. The van der Waals surface area contributed by atoms with Gasteiger partial charge in [0.25, 0.3) is 0 Å². The predicted molar refractivity (Wildman–Crippen MR) is 271 cm³/mol. The van der Waals surface area contributed by atoms with E-state index >= 15 is 0 Å². The lowest BCUT2D eigenvalue weighted by molar-refractivity contribution is 0.660. The van der Waals surface area contributed by atoms with Crippen LogP contribution in [0.25, 0.3) is 86.6 Å². The second-order valence-electron chi connectivity index (χ2n) is 17.3. The lowest BCUT2D eigenvalue weighted by Crippen LogP contribution is -2.14. The summed E-state index contributed by atoms with van der Waals surface area (Å²) in [6, 6.07) is 82.8. The highest BCUT2D eigenvalue weighted by molar-refractivity contribution is 7.26. The van der Waals surface area contributed by atoms with Gasteiger partial charge in [-0.25, -0.2) is 0 Å². The quantitative estimate of drug-likeness (QED) is 0.155. The largest absolute Gasteiger partial charge is 0.311 e. The normalized spacial score (nSPS) is 12.7. The summed E-state index contributed by atoms with van der Waals surface area (Å²) >= 11 is 1.88. The van der Waals surface area contributed by atoms with Gasteiger partial charge in [-0.15, -0.1) is 11.3 Å². The molecule has 0 aliphatic heterocycles. The Morgan fingerprint density at radius 3 is 1.57 bits per heavy atom. The van der Waals surface area contributed by atoms with E-state index in [9.17, 15) is 0 Å². The lowest BCUT2D eigenvalue weighted by atomic mass is 9.81. The first-order valence-corrected chi connectivity index (χ1v) is 22.6. The van der Waals surface area contributed by atoms with Crippen molar-refractivity contribution in [3.63, 3.8) is 0 Å². The lowest BCUT2D eigenvalue weighted by Gasteiger charge is -2.26. The minimum absolute atomic E-state index is 0.0433. The number of fused-ring (bicyclic) bond motifs is 7. The van der Waals surface area contributed by atoms with Gasteiger partial charge in [0.05, 0.1) is 0 Å². The van der Waals surface area contributed by atoms with Gasteiger partial charge in [-0.1, -0.05) is 178 Å². The van der Waals surface area contributed by atoms with Crippen molar-refractivity contribution < 1.29 is 0 Å². The molecule has 0 saturated carbocycles.